The van der Waals surface area contributed by atoms with Gasteiger partial charge in [-0.1, -0.05) is 25.9 Å². The summed E-state index contributed by atoms with van der Waals surface area (Å²) in [5.74, 6) is 2.14. The monoisotopic (exact) mass is 251 g/mol. The van der Waals surface area contributed by atoms with E-state index < -0.39 is 0 Å². The summed E-state index contributed by atoms with van der Waals surface area (Å²) in [5, 5.41) is 7.42. The van der Waals surface area contributed by atoms with Crippen molar-refractivity contribution in [3.8, 4) is 0 Å². The maximum atomic E-state index is 5.29. The van der Waals surface area contributed by atoms with Gasteiger partial charge < -0.3 is 9.84 Å². The van der Waals surface area contributed by atoms with Crippen LogP contribution in [-0.2, 0) is 6.54 Å². The molecule has 1 aromatic heterocycles. The molecule has 102 valence electrons. The van der Waals surface area contributed by atoms with E-state index in [0.29, 0.717) is 17.9 Å². The molecule has 0 bridgehead atoms. The van der Waals surface area contributed by atoms with E-state index in [9.17, 15) is 0 Å². The molecule has 0 unspecified atom stereocenters. The fraction of sp³-hybridized carbons (Fsp3) is 0.857. The van der Waals surface area contributed by atoms with E-state index in [-0.39, 0.29) is 0 Å². The van der Waals surface area contributed by atoms with Crippen LogP contribution >= 0.6 is 0 Å². The van der Waals surface area contributed by atoms with Gasteiger partial charge in [0.25, 0.3) is 0 Å². The Morgan fingerprint density at radius 2 is 2.06 bits per heavy atom. The number of hydrogen-bond donors (Lipinski definition) is 1. The van der Waals surface area contributed by atoms with Gasteiger partial charge in [-0.05, 0) is 44.1 Å². The van der Waals surface area contributed by atoms with Crippen LogP contribution in [0, 0.1) is 5.41 Å². The fourth-order valence-corrected chi connectivity index (χ4v) is 2.54. The van der Waals surface area contributed by atoms with Gasteiger partial charge in [0.05, 0.1) is 6.54 Å². The lowest BCUT2D eigenvalue weighted by Crippen LogP contribution is -2.20. The summed E-state index contributed by atoms with van der Waals surface area (Å²) in [5.41, 5.74) is 0.492. The van der Waals surface area contributed by atoms with Gasteiger partial charge in [0, 0.05) is 5.92 Å². The van der Waals surface area contributed by atoms with Crippen LogP contribution in [0.2, 0.25) is 0 Å². The molecule has 0 saturated heterocycles. The fourth-order valence-electron chi connectivity index (χ4n) is 2.54. The maximum Gasteiger partial charge on any atom is 0.240 e. The quantitative estimate of drug-likeness (QED) is 0.816. The number of aromatic nitrogens is 2. The molecule has 0 amide bonds. The zero-order chi connectivity index (χ0) is 13.0. The van der Waals surface area contributed by atoms with Gasteiger partial charge in [-0.3, -0.25) is 0 Å². The normalized spacial score (nSPS) is 20.2. The molecule has 1 aliphatic carbocycles. The molecular weight excluding hydrogens is 226 g/mol. The van der Waals surface area contributed by atoms with Crippen molar-refractivity contribution in [1.29, 1.82) is 0 Å². The highest BCUT2D eigenvalue weighted by Gasteiger charge is 2.29. The second-order valence-electron chi connectivity index (χ2n) is 6.16. The Bertz CT molecular complexity index is 363. The molecule has 1 N–H and O–H groups in total. The van der Waals surface area contributed by atoms with Crippen molar-refractivity contribution in [2.45, 2.75) is 65.3 Å². The zero-order valence-electron chi connectivity index (χ0n) is 11.8. The highest BCUT2D eigenvalue weighted by Crippen LogP contribution is 2.41. The summed E-state index contributed by atoms with van der Waals surface area (Å²) in [4.78, 5) is 4.51. The Balaban J connectivity index is 1.86. The topological polar surface area (TPSA) is 51.0 Å². The van der Waals surface area contributed by atoms with Crippen molar-refractivity contribution in [2.24, 2.45) is 5.41 Å². The Labute approximate surface area is 110 Å². The molecule has 2 rings (SSSR count). The van der Waals surface area contributed by atoms with Crippen molar-refractivity contribution in [3.05, 3.63) is 11.7 Å². The Kier molecular flexibility index (Phi) is 4.38. The van der Waals surface area contributed by atoms with Crippen LogP contribution in [0.4, 0.5) is 0 Å². The molecule has 0 aromatic carbocycles. The Morgan fingerprint density at radius 3 is 2.72 bits per heavy atom. The van der Waals surface area contributed by atoms with Gasteiger partial charge in [-0.15, -0.1) is 0 Å². The summed E-state index contributed by atoms with van der Waals surface area (Å²) in [7, 11) is 0. The van der Waals surface area contributed by atoms with E-state index in [0.717, 1.165) is 24.7 Å². The number of hydrogen-bond acceptors (Lipinski definition) is 4. The summed E-state index contributed by atoms with van der Waals surface area (Å²) in [6.45, 7) is 8.53. The first-order valence-electron chi connectivity index (χ1n) is 7.14. The minimum Gasteiger partial charge on any atom is -0.338 e. The first kappa shape index (κ1) is 13.5. The summed E-state index contributed by atoms with van der Waals surface area (Å²) in [6.07, 6.45) is 6.02. The van der Waals surface area contributed by atoms with Crippen LogP contribution in [0.15, 0.2) is 4.52 Å². The highest BCUT2D eigenvalue weighted by atomic mass is 16.5. The van der Waals surface area contributed by atoms with Crippen LogP contribution in [0.25, 0.3) is 0 Å². The van der Waals surface area contributed by atoms with E-state index in [1.807, 2.05) is 0 Å². The first-order valence-corrected chi connectivity index (χ1v) is 7.14. The molecule has 1 fully saturated rings. The van der Waals surface area contributed by atoms with Crippen LogP contribution in [0.3, 0.4) is 0 Å². The van der Waals surface area contributed by atoms with Crippen LogP contribution in [0.1, 0.15) is 70.5 Å². The van der Waals surface area contributed by atoms with E-state index >= 15 is 0 Å². The van der Waals surface area contributed by atoms with Crippen LogP contribution in [-0.4, -0.2) is 16.7 Å². The maximum absolute atomic E-state index is 5.29. The minimum absolute atomic E-state index is 0.492. The molecule has 1 saturated carbocycles. The standard InChI is InChI=1S/C14H25N3O/c1-4-9-15-10-12-16-13(17-18-12)11-5-7-14(2,3)8-6-11/h11,15H,4-10H2,1-3H3. The lowest BCUT2D eigenvalue weighted by Gasteiger charge is -2.32. The second kappa shape index (κ2) is 5.83. The Morgan fingerprint density at radius 1 is 1.33 bits per heavy atom. The largest absolute Gasteiger partial charge is 0.338 e. The van der Waals surface area contributed by atoms with E-state index in [1.165, 1.54) is 25.7 Å². The average Bonchev–Trinajstić information content (AvgIpc) is 2.78. The molecule has 4 heteroatoms. The van der Waals surface area contributed by atoms with Crippen molar-refractivity contribution in [2.75, 3.05) is 6.54 Å². The van der Waals surface area contributed by atoms with Gasteiger partial charge in [0.1, 0.15) is 0 Å². The van der Waals surface area contributed by atoms with E-state index in [1.54, 1.807) is 0 Å². The lowest BCUT2D eigenvalue weighted by molar-refractivity contribution is 0.218. The van der Waals surface area contributed by atoms with Crippen molar-refractivity contribution in [1.82, 2.24) is 15.5 Å². The summed E-state index contributed by atoms with van der Waals surface area (Å²) < 4.78 is 5.29. The third-order valence-corrected chi connectivity index (χ3v) is 3.89. The average molecular weight is 251 g/mol. The highest BCUT2D eigenvalue weighted by molar-refractivity contribution is 4.98. The zero-order valence-corrected chi connectivity index (χ0v) is 11.8. The molecule has 0 atom stereocenters. The van der Waals surface area contributed by atoms with E-state index in [4.69, 9.17) is 4.52 Å². The van der Waals surface area contributed by atoms with Crippen LogP contribution < -0.4 is 5.32 Å². The van der Waals surface area contributed by atoms with E-state index in [2.05, 4.69) is 36.2 Å². The smallest absolute Gasteiger partial charge is 0.240 e. The third-order valence-electron chi connectivity index (χ3n) is 3.89. The number of nitrogens with one attached hydrogen (secondary N) is 1. The molecule has 0 aliphatic heterocycles. The van der Waals surface area contributed by atoms with Gasteiger partial charge in [0.15, 0.2) is 5.82 Å². The minimum atomic E-state index is 0.492. The van der Waals surface area contributed by atoms with Gasteiger partial charge in [0.2, 0.25) is 5.89 Å². The summed E-state index contributed by atoms with van der Waals surface area (Å²) >= 11 is 0. The third kappa shape index (κ3) is 3.55. The molecule has 0 spiro atoms. The second-order valence-corrected chi connectivity index (χ2v) is 6.16. The predicted octanol–water partition coefficient (Wildman–Crippen LogP) is 3.25. The molecule has 18 heavy (non-hydrogen) atoms. The SMILES string of the molecule is CCCNCc1nc(C2CCC(C)(C)CC2)no1. The molecule has 1 aliphatic rings. The van der Waals surface area contributed by atoms with Gasteiger partial charge in [-0.2, -0.15) is 4.98 Å². The summed E-state index contributed by atoms with van der Waals surface area (Å²) in [6, 6.07) is 0. The lowest BCUT2D eigenvalue weighted by atomic mass is 9.73. The molecule has 1 heterocycles. The predicted molar refractivity (Wildman–Crippen MR) is 71.3 cm³/mol. The van der Waals surface area contributed by atoms with Gasteiger partial charge >= 0.3 is 0 Å². The Hall–Kier alpha value is -0.900. The van der Waals surface area contributed by atoms with Crippen molar-refractivity contribution >= 4 is 0 Å². The first-order chi connectivity index (χ1) is 8.61. The molecule has 4 nitrogen and oxygen atoms in total. The van der Waals surface area contributed by atoms with Gasteiger partial charge in [-0.25, -0.2) is 0 Å². The van der Waals surface area contributed by atoms with Crippen molar-refractivity contribution in [3.63, 3.8) is 0 Å². The van der Waals surface area contributed by atoms with Crippen molar-refractivity contribution < 1.29 is 4.52 Å². The molecule has 1 aromatic rings. The molecular formula is C14H25N3O. The molecule has 0 radical (unpaired) electrons. The van der Waals surface area contributed by atoms with Crippen LogP contribution in [0.5, 0.6) is 0 Å². The number of nitrogens with zero attached hydrogens (tertiary/aromatic N) is 2. The number of rotatable bonds is 5.